The van der Waals surface area contributed by atoms with Gasteiger partial charge in [0.15, 0.2) is 0 Å². The van der Waals surface area contributed by atoms with Crippen molar-refractivity contribution in [3.63, 3.8) is 0 Å². The van der Waals surface area contributed by atoms with Crippen molar-refractivity contribution in [2.75, 3.05) is 38.5 Å². The van der Waals surface area contributed by atoms with Crippen molar-refractivity contribution in [2.24, 2.45) is 0 Å². The van der Waals surface area contributed by atoms with Gasteiger partial charge < -0.3 is 10.2 Å². The van der Waals surface area contributed by atoms with Gasteiger partial charge in [-0.05, 0) is 42.0 Å². The first kappa shape index (κ1) is 18.3. The van der Waals surface area contributed by atoms with Gasteiger partial charge in [0, 0.05) is 30.3 Å². The fourth-order valence-electron chi connectivity index (χ4n) is 1.61. The minimum atomic E-state index is -3.58. The van der Waals surface area contributed by atoms with Crippen molar-refractivity contribution in [2.45, 2.75) is 25.2 Å². The fraction of sp³-hybridized carbons (Fsp3) is 0.615. The molecule has 0 unspecified atom stereocenters. The number of likely N-dealkylation sites (N-methyl/N-ethyl adjacent to an activating group) is 1. The maximum atomic E-state index is 12.4. The zero-order chi connectivity index (χ0) is 15.9. The van der Waals surface area contributed by atoms with Crippen LogP contribution in [-0.4, -0.2) is 51.5 Å². The van der Waals surface area contributed by atoms with Crippen LogP contribution in [0.2, 0.25) is 0 Å². The summed E-state index contributed by atoms with van der Waals surface area (Å²) in [6, 6.07) is 1.57. The number of anilines is 1. The third kappa shape index (κ3) is 5.90. The lowest BCUT2D eigenvalue weighted by Gasteiger charge is -2.15. The summed E-state index contributed by atoms with van der Waals surface area (Å²) in [6.07, 6.45) is 2.48. The van der Waals surface area contributed by atoms with E-state index in [1.54, 1.807) is 12.3 Å². The highest BCUT2D eigenvalue weighted by molar-refractivity contribution is 9.10. The molecular formula is C13H23BrN4O2S. The largest absolute Gasteiger partial charge is 0.369 e. The van der Waals surface area contributed by atoms with Crippen LogP contribution in [0.25, 0.3) is 0 Å². The Balaban J connectivity index is 2.87. The lowest BCUT2D eigenvalue weighted by Crippen LogP contribution is -2.33. The Morgan fingerprint density at radius 3 is 2.67 bits per heavy atom. The first-order valence-electron chi connectivity index (χ1n) is 6.98. The van der Waals surface area contributed by atoms with E-state index in [9.17, 15) is 8.42 Å². The summed E-state index contributed by atoms with van der Waals surface area (Å²) in [7, 11) is -1.63. The van der Waals surface area contributed by atoms with E-state index in [0.29, 0.717) is 29.9 Å². The average molecular weight is 379 g/mol. The second kappa shape index (κ2) is 8.67. The standard InChI is InChI=1S/C13H23BrN4O2S/c1-4-6-15-13-12(9-11(14)10-16-13)21(19,20)17-7-8-18(3)5-2/h9-10,17H,4-8H2,1-3H3,(H,15,16). The van der Waals surface area contributed by atoms with Gasteiger partial charge >= 0.3 is 0 Å². The Morgan fingerprint density at radius 1 is 1.33 bits per heavy atom. The molecule has 0 aromatic carbocycles. The third-order valence-electron chi connectivity index (χ3n) is 2.98. The minimum Gasteiger partial charge on any atom is -0.369 e. The molecule has 0 aliphatic heterocycles. The van der Waals surface area contributed by atoms with Crippen molar-refractivity contribution >= 4 is 31.8 Å². The quantitative estimate of drug-likeness (QED) is 0.686. The second-order valence-electron chi connectivity index (χ2n) is 4.72. The predicted molar refractivity (Wildman–Crippen MR) is 89.1 cm³/mol. The van der Waals surface area contributed by atoms with Gasteiger partial charge in [-0.15, -0.1) is 0 Å². The van der Waals surface area contributed by atoms with Crippen molar-refractivity contribution in [3.05, 3.63) is 16.7 Å². The molecule has 1 rings (SSSR count). The van der Waals surface area contributed by atoms with Gasteiger partial charge in [-0.3, -0.25) is 0 Å². The molecule has 6 nitrogen and oxygen atoms in total. The van der Waals surface area contributed by atoms with Gasteiger partial charge in [-0.2, -0.15) is 0 Å². The van der Waals surface area contributed by atoms with Crippen molar-refractivity contribution in [1.82, 2.24) is 14.6 Å². The maximum Gasteiger partial charge on any atom is 0.244 e. The lowest BCUT2D eigenvalue weighted by atomic mass is 10.4. The highest BCUT2D eigenvalue weighted by Crippen LogP contribution is 2.22. The summed E-state index contributed by atoms with van der Waals surface area (Å²) in [6.45, 7) is 6.62. The molecule has 21 heavy (non-hydrogen) atoms. The first-order valence-corrected chi connectivity index (χ1v) is 9.26. The van der Waals surface area contributed by atoms with Crippen LogP contribution in [0, 0.1) is 0 Å². The number of nitrogens with one attached hydrogen (secondary N) is 2. The summed E-state index contributed by atoms with van der Waals surface area (Å²) >= 11 is 3.27. The molecule has 2 N–H and O–H groups in total. The molecule has 8 heteroatoms. The predicted octanol–water partition coefficient (Wildman–Crippen LogP) is 1.90. The SMILES string of the molecule is CCCNc1ncc(Br)cc1S(=O)(=O)NCCN(C)CC. The van der Waals surface area contributed by atoms with E-state index in [0.717, 1.165) is 13.0 Å². The summed E-state index contributed by atoms with van der Waals surface area (Å²) in [4.78, 5) is 6.36. The Labute approximate surface area is 135 Å². The van der Waals surface area contributed by atoms with Crippen LogP contribution in [0.5, 0.6) is 0 Å². The van der Waals surface area contributed by atoms with Gasteiger partial charge in [-0.1, -0.05) is 13.8 Å². The summed E-state index contributed by atoms with van der Waals surface area (Å²) in [5.74, 6) is 0.386. The zero-order valence-electron chi connectivity index (χ0n) is 12.7. The Kier molecular flexibility index (Phi) is 7.58. The number of aromatic nitrogens is 1. The number of pyridine rings is 1. The molecule has 120 valence electrons. The Morgan fingerprint density at radius 2 is 2.05 bits per heavy atom. The van der Waals surface area contributed by atoms with E-state index in [-0.39, 0.29) is 4.90 Å². The van der Waals surface area contributed by atoms with E-state index in [1.165, 1.54) is 0 Å². The third-order valence-corrected chi connectivity index (χ3v) is 4.88. The van der Waals surface area contributed by atoms with Gasteiger partial charge in [0.2, 0.25) is 10.0 Å². The number of halogens is 1. The number of hydrogen-bond acceptors (Lipinski definition) is 5. The molecule has 0 spiro atoms. The Bertz CT molecular complexity index is 551. The highest BCUT2D eigenvalue weighted by Gasteiger charge is 2.19. The second-order valence-corrected chi connectivity index (χ2v) is 7.37. The van der Waals surface area contributed by atoms with E-state index in [2.05, 4.69) is 31.0 Å². The average Bonchev–Trinajstić information content (AvgIpc) is 2.45. The van der Waals surface area contributed by atoms with Crippen LogP contribution in [0.3, 0.4) is 0 Å². The van der Waals surface area contributed by atoms with Crippen LogP contribution in [0.15, 0.2) is 21.6 Å². The molecule has 0 saturated carbocycles. The molecule has 0 fully saturated rings. The molecule has 1 aromatic heterocycles. The topological polar surface area (TPSA) is 74.3 Å². The van der Waals surface area contributed by atoms with Crippen LogP contribution in [0.1, 0.15) is 20.3 Å². The van der Waals surface area contributed by atoms with Crippen LogP contribution < -0.4 is 10.0 Å². The molecular weight excluding hydrogens is 356 g/mol. The van der Waals surface area contributed by atoms with Crippen LogP contribution in [-0.2, 0) is 10.0 Å². The number of sulfonamides is 1. The summed E-state index contributed by atoms with van der Waals surface area (Å²) in [5.41, 5.74) is 0. The fourth-order valence-corrected chi connectivity index (χ4v) is 3.27. The molecule has 1 heterocycles. The molecule has 0 atom stereocenters. The first-order chi connectivity index (χ1) is 9.90. The molecule has 0 saturated heterocycles. The number of rotatable bonds is 9. The van der Waals surface area contributed by atoms with Crippen molar-refractivity contribution in [3.8, 4) is 0 Å². The van der Waals surface area contributed by atoms with E-state index in [1.807, 2.05) is 25.8 Å². The summed E-state index contributed by atoms with van der Waals surface area (Å²) in [5, 5.41) is 3.05. The van der Waals surface area contributed by atoms with Gasteiger partial charge in [-0.25, -0.2) is 18.1 Å². The van der Waals surface area contributed by atoms with Crippen LogP contribution in [0.4, 0.5) is 5.82 Å². The van der Waals surface area contributed by atoms with E-state index < -0.39 is 10.0 Å². The van der Waals surface area contributed by atoms with Gasteiger partial charge in [0.25, 0.3) is 0 Å². The van der Waals surface area contributed by atoms with Crippen molar-refractivity contribution in [1.29, 1.82) is 0 Å². The minimum absolute atomic E-state index is 0.171. The molecule has 0 amide bonds. The van der Waals surface area contributed by atoms with E-state index >= 15 is 0 Å². The van der Waals surface area contributed by atoms with Crippen molar-refractivity contribution < 1.29 is 8.42 Å². The molecule has 0 bridgehead atoms. The van der Waals surface area contributed by atoms with Crippen LogP contribution >= 0.6 is 15.9 Å². The number of hydrogen-bond donors (Lipinski definition) is 2. The summed E-state index contributed by atoms with van der Waals surface area (Å²) < 4.78 is 28.1. The monoisotopic (exact) mass is 378 g/mol. The lowest BCUT2D eigenvalue weighted by molar-refractivity contribution is 0.358. The molecule has 0 aliphatic carbocycles. The number of nitrogens with zero attached hydrogens (tertiary/aromatic N) is 2. The molecule has 0 radical (unpaired) electrons. The van der Waals surface area contributed by atoms with Gasteiger partial charge in [0.1, 0.15) is 10.7 Å². The van der Waals surface area contributed by atoms with Gasteiger partial charge in [0.05, 0.1) is 0 Å². The maximum absolute atomic E-state index is 12.4. The molecule has 1 aromatic rings. The zero-order valence-corrected chi connectivity index (χ0v) is 15.1. The molecule has 0 aliphatic rings. The Hall–Kier alpha value is -0.700. The van der Waals surface area contributed by atoms with E-state index in [4.69, 9.17) is 0 Å². The smallest absolute Gasteiger partial charge is 0.244 e. The normalized spacial score (nSPS) is 11.9. The highest BCUT2D eigenvalue weighted by atomic mass is 79.9.